The van der Waals surface area contributed by atoms with E-state index in [-0.39, 0.29) is 5.41 Å². The lowest BCUT2D eigenvalue weighted by Crippen LogP contribution is -2.42. The number of hydrogen-bond acceptors (Lipinski definition) is 4. The molecule has 1 aliphatic carbocycles. The van der Waals surface area contributed by atoms with Gasteiger partial charge in [-0.3, -0.25) is 14.7 Å². The van der Waals surface area contributed by atoms with Crippen molar-refractivity contribution in [2.75, 3.05) is 5.32 Å². The molecule has 29 heavy (non-hydrogen) atoms. The number of fused-ring (bicyclic) bond motifs is 1. The second kappa shape index (κ2) is 6.95. The van der Waals surface area contributed by atoms with E-state index >= 15 is 0 Å². The summed E-state index contributed by atoms with van der Waals surface area (Å²) in [4.78, 5) is 9.58. The van der Waals surface area contributed by atoms with Gasteiger partial charge in [-0.25, -0.2) is 0 Å². The Balaban J connectivity index is 1.49. The van der Waals surface area contributed by atoms with E-state index in [4.69, 9.17) is 4.99 Å². The van der Waals surface area contributed by atoms with Crippen molar-refractivity contribution in [1.82, 2.24) is 14.8 Å². The predicted molar refractivity (Wildman–Crippen MR) is 121 cm³/mol. The number of halogens is 1. The van der Waals surface area contributed by atoms with Crippen LogP contribution in [0.2, 0.25) is 0 Å². The number of nitrogens with zero attached hydrogens (tertiary/aromatic N) is 4. The van der Waals surface area contributed by atoms with Gasteiger partial charge in [0.25, 0.3) is 0 Å². The molecular weight excluding hydrogens is 426 g/mol. The van der Waals surface area contributed by atoms with Crippen molar-refractivity contribution in [1.29, 1.82) is 0 Å². The van der Waals surface area contributed by atoms with Crippen molar-refractivity contribution in [2.24, 2.45) is 12.0 Å². The molecule has 1 fully saturated rings. The van der Waals surface area contributed by atoms with Crippen LogP contribution in [0.4, 0.5) is 17.2 Å². The maximum atomic E-state index is 5.00. The largest absolute Gasteiger partial charge is 0.338 e. The molecule has 1 aromatic carbocycles. The molecule has 3 aromatic rings. The average Bonchev–Trinajstić information content (AvgIpc) is 3.27. The Morgan fingerprint density at radius 1 is 1.24 bits per heavy atom. The van der Waals surface area contributed by atoms with Crippen LogP contribution in [-0.2, 0) is 18.9 Å². The number of aromatic nitrogens is 3. The average molecular weight is 448 g/mol. The van der Waals surface area contributed by atoms with Gasteiger partial charge >= 0.3 is 0 Å². The highest BCUT2D eigenvalue weighted by molar-refractivity contribution is 9.10. The first-order valence-corrected chi connectivity index (χ1v) is 10.6. The standard InChI is InChI=1S/C23H22BrN5/c1-3-15-11-16(5-6-18(15)27-22-7-10-29(2)28-22)23(8-4-9-23)21-13-19-20(26-21)12-17(24)14-25-19/h3,5-7,10-12,14H,1,4,8-9,13H2,2H3,(H,27,28). The van der Waals surface area contributed by atoms with Gasteiger partial charge < -0.3 is 5.32 Å². The Bertz CT molecular complexity index is 1140. The molecular formula is C23H22BrN5. The molecule has 146 valence electrons. The Morgan fingerprint density at radius 3 is 2.79 bits per heavy atom. The minimum atomic E-state index is 0.00840. The van der Waals surface area contributed by atoms with Crippen LogP contribution in [-0.4, -0.2) is 20.5 Å². The maximum absolute atomic E-state index is 5.00. The van der Waals surface area contributed by atoms with Crippen molar-refractivity contribution < 1.29 is 0 Å². The van der Waals surface area contributed by atoms with E-state index in [1.165, 1.54) is 17.7 Å². The van der Waals surface area contributed by atoms with Crippen molar-refractivity contribution in [3.63, 3.8) is 0 Å². The van der Waals surface area contributed by atoms with Crippen LogP contribution < -0.4 is 5.32 Å². The third kappa shape index (κ3) is 3.12. The summed E-state index contributed by atoms with van der Waals surface area (Å²) >= 11 is 3.51. The van der Waals surface area contributed by atoms with E-state index in [0.29, 0.717) is 0 Å². The predicted octanol–water partition coefficient (Wildman–Crippen LogP) is 5.71. The molecule has 0 atom stereocenters. The summed E-state index contributed by atoms with van der Waals surface area (Å²) in [6.45, 7) is 4.03. The van der Waals surface area contributed by atoms with E-state index in [1.54, 1.807) is 4.68 Å². The van der Waals surface area contributed by atoms with Crippen LogP contribution in [0, 0.1) is 0 Å². The van der Waals surface area contributed by atoms with Crippen LogP contribution in [0.25, 0.3) is 6.08 Å². The van der Waals surface area contributed by atoms with Crippen LogP contribution in [0.1, 0.15) is 36.1 Å². The van der Waals surface area contributed by atoms with Crippen LogP contribution in [0.3, 0.4) is 0 Å². The molecule has 2 aromatic heterocycles. The van der Waals surface area contributed by atoms with Crippen LogP contribution in [0.15, 0.2) is 58.8 Å². The Hall–Kier alpha value is -2.73. The number of benzene rings is 1. The summed E-state index contributed by atoms with van der Waals surface area (Å²) in [6, 6.07) is 10.7. The molecule has 0 bridgehead atoms. The zero-order valence-electron chi connectivity index (χ0n) is 16.3. The Labute approximate surface area is 178 Å². The minimum Gasteiger partial charge on any atom is -0.338 e. The second-order valence-corrected chi connectivity index (χ2v) is 8.71. The molecule has 2 aliphatic rings. The third-order valence-corrected chi connectivity index (χ3v) is 6.50. The number of hydrogen-bond donors (Lipinski definition) is 1. The lowest BCUT2D eigenvalue weighted by molar-refractivity contribution is 0.338. The lowest BCUT2D eigenvalue weighted by atomic mass is 9.61. The fourth-order valence-electron chi connectivity index (χ4n) is 4.35. The molecule has 0 spiro atoms. The quantitative estimate of drug-likeness (QED) is 0.544. The summed E-state index contributed by atoms with van der Waals surface area (Å²) in [7, 11) is 1.91. The first-order valence-electron chi connectivity index (χ1n) is 9.83. The van der Waals surface area contributed by atoms with Gasteiger partial charge in [-0.05, 0) is 58.1 Å². The molecule has 5 nitrogen and oxygen atoms in total. The number of nitrogens with one attached hydrogen (secondary N) is 1. The van der Waals surface area contributed by atoms with E-state index in [9.17, 15) is 0 Å². The summed E-state index contributed by atoms with van der Waals surface area (Å²) in [5, 5.41) is 7.81. The van der Waals surface area contributed by atoms with Crippen LogP contribution in [0.5, 0.6) is 0 Å². The highest BCUT2D eigenvalue weighted by Gasteiger charge is 2.45. The van der Waals surface area contributed by atoms with Crippen molar-refractivity contribution in [3.05, 3.63) is 70.6 Å². The summed E-state index contributed by atoms with van der Waals surface area (Å²) in [6.07, 6.45) is 10.0. The lowest BCUT2D eigenvalue weighted by Gasteiger charge is -2.43. The van der Waals surface area contributed by atoms with Gasteiger partial charge in [0, 0.05) is 53.2 Å². The second-order valence-electron chi connectivity index (χ2n) is 7.80. The summed E-state index contributed by atoms with van der Waals surface area (Å²) in [5.41, 5.74) is 6.73. The number of aryl methyl sites for hydroxylation is 1. The van der Waals surface area contributed by atoms with Crippen LogP contribution >= 0.6 is 15.9 Å². The Kier molecular flexibility index (Phi) is 4.39. The number of rotatable bonds is 5. The Morgan fingerprint density at radius 2 is 2.10 bits per heavy atom. The van der Waals surface area contributed by atoms with Gasteiger partial charge in [-0.2, -0.15) is 5.10 Å². The molecule has 6 heteroatoms. The number of aliphatic imine (C=N–C) groups is 1. The van der Waals surface area contributed by atoms with E-state index < -0.39 is 0 Å². The molecule has 1 saturated carbocycles. The van der Waals surface area contributed by atoms with Gasteiger partial charge in [0.15, 0.2) is 5.82 Å². The fourth-order valence-corrected chi connectivity index (χ4v) is 4.67. The third-order valence-electron chi connectivity index (χ3n) is 6.06. The molecule has 5 rings (SSSR count). The maximum Gasteiger partial charge on any atom is 0.152 e. The molecule has 0 amide bonds. The normalized spacial score (nSPS) is 16.7. The SMILES string of the molecule is C=Cc1cc(C2(C3=Nc4cc(Br)cnc4C3)CCC2)ccc1Nc1ccn(C)n1. The first kappa shape index (κ1) is 18.3. The summed E-state index contributed by atoms with van der Waals surface area (Å²) < 4.78 is 2.76. The van der Waals surface area contributed by atoms with Gasteiger partial charge in [-0.1, -0.05) is 25.1 Å². The molecule has 0 saturated heterocycles. The highest BCUT2D eigenvalue weighted by atomic mass is 79.9. The van der Waals surface area contributed by atoms with Crippen molar-refractivity contribution in [3.8, 4) is 0 Å². The zero-order chi connectivity index (χ0) is 20.0. The van der Waals surface area contributed by atoms with E-state index in [0.717, 1.165) is 52.2 Å². The first-order chi connectivity index (χ1) is 14.1. The highest BCUT2D eigenvalue weighted by Crippen LogP contribution is 2.49. The fraction of sp³-hybridized carbons (Fsp3) is 0.261. The van der Waals surface area contributed by atoms with Gasteiger partial charge in [0.2, 0.25) is 0 Å². The number of pyridine rings is 1. The van der Waals surface area contributed by atoms with Crippen molar-refractivity contribution >= 4 is 44.9 Å². The van der Waals surface area contributed by atoms with Gasteiger partial charge in [0.1, 0.15) is 0 Å². The topological polar surface area (TPSA) is 55.1 Å². The molecule has 1 aliphatic heterocycles. The van der Waals surface area contributed by atoms with Gasteiger partial charge in [-0.15, -0.1) is 0 Å². The van der Waals surface area contributed by atoms with E-state index in [2.05, 4.69) is 62.2 Å². The summed E-state index contributed by atoms with van der Waals surface area (Å²) in [5.74, 6) is 0.828. The molecule has 0 unspecified atom stereocenters. The van der Waals surface area contributed by atoms with E-state index in [1.807, 2.05) is 31.6 Å². The molecule has 0 radical (unpaired) electrons. The van der Waals surface area contributed by atoms with Gasteiger partial charge in [0.05, 0.1) is 11.4 Å². The zero-order valence-corrected chi connectivity index (χ0v) is 17.9. The monoisotopic (exact) mass is 447 g/mol. The molecule has 3 heterocycles. The minimum absolute atomic E-state index is 0.00840. The number of anilines is 2. The van der Waals surface area contributed by atoms with Crippen molar-refractivity contribution in [2.45, 2.75) is 31.1 Å². The smallest absolute Gasteiger partial charge is 0.152 e. The molecule has 1 N–H and O–H groups in total.